The molecular weight excluding hydrogens is 530 g/mol. The Hall–Kier alpha value is -4.32. The summed E-state index contributed by atoms with van der Waals surface area (Å²) in [6, 6.07) is 13.8. The van der Waals surface area contributed by atoms with Crippen molar-refractivity contribution >= 4 is 28.4 Å². The van der Waals surface area contributed by atoms with E-state index in [4.69, 9.17) is 15.5 Å². The van der Waals surface area contributed by atoms with Crippen LogP contribution in [0.3, 0.4) is 0 Å². The van der Waals surface area contributed by atoms with Gasteiger partial charge in [0.25, 0.3) is 5.91 Å². The van der Waals surface area contributed by atoms with E-state index < -0.39 is 12.3 Å². The van der Waals surface area contributed by atoms with Crippen LogP contribution in [0.15, 0.2) is 48.8 Å². The number of carbonyl (C=O) groups is 1. The lowest BCUT2D eigenvalue weighted by Gasteiger charge is -2.34. The number of ether oxygens (including phenoxy) is 1. The minimum atomic E-state index is -2.98. The Morgan fingerprint density at radius 1 is 1.00 bits per heavy atom. The number of likely N-dealkylation sites (N-methyl/N-ethyl adjacent to an activating group) is 1. The topological polar surface area (TPSA) is 116 Å². The predicted molar refractivity (Wildman–Crippen MR) is 153 cm³/mol. The molecule has 4 aromatic rings. The Morgan fingerprint density at radius 3 is 2.39 bits per heavy atom. The first-order chi connectivity index (χ1) is 19.9. The van der Waals surface area contributed by atoms with Crippen LogP contribution in [-0.4, -0.2) is 94.5 Å². The van der Waals surface area contributed by atoms with Crippen LogP contribution in [0.2, 0.25) is 0 Å². The van der Waals surface area contributed by atoms with Gasteiger partial charge in [0.15, 0.2) is 5.65 Å². The van der Waals surface area contributed by atoms with Crippen molar-refractivity contribution in [3.8, 4) is 28.4 Å². The average Bonchev–Trinajstić information content (AvgIpc) is 3.43. The molecule has 2 aromatic carbocycles. The lowest BCUT2D eigenvalue weighted by Crippen LogP contribution is -2.44. The highest BCUT2D eigenvalue weighted by molar-refractivity contribution is 5.90. The maximum absolute atomic E-state index is 12.7. The summed E-state index contributed by atoms with van der Waals surface area (Å²) in [4.78, 5) is 34.5. The highest BCUT2D eigenvalue weighted by atomic mass is 19.3. The number of nitrogen functional groups attached to an aromatic ring is 1. The highest BCUT2D eigenvalue weighted by Crippen LogP contribution is 2.33. The number of amides is 1. The smallest absolute Gasteiger partial charge is 0.315 e. The fraction of sp³-hybridized carbons (Fsp3) is 0.379. The molecule has 2 aromatic heterocycles. The van der Waals surface area contributed by atoms with E-state index in [1.54, 1.807) is 12.1 Å². The number of carbonyl (C=O) groups excluding carboxylic acids is 1. The number of fused-ring (bicyclic) bond motifs is 1. The Morgan fingerprint density at radius 2 is 1.71 bits per heavy atom. The Bertz CT molecular complexity index is 1530. The zero-order valence-electron chi connectivity index (χ0n) is 22.8. The summed E-state index contributed by atoms with van der Waals surface area (Å²) < 4.78 is 31.5. The molecule has 0 bridgehead atoms. The third-order valence-electron chi connectivity index (χ3n) is 7.81. The van der Waals surface area contributed by atoms with Crippen LogP contribution in [0.5, 0.6) is 5.75 Å². The van der Waals surface area contributed by atoms with E-state index in [1.165, 1.54) is 16.9 Å². The molecule has 0 radical (unpaired) electrons. The molecule has 0 unspecified atom stereocenters. The minimum Gasteiger partial charge on any atom is -0.488 e. The molecule has 0 spiro atoms. The summed E-state index contributed by atoms with van der Waals surface area (Å²) >= 11 is 0. The number of hydrogen-bond acceptors (Lipinski definition) is 8. The standard InChI is InChI=1S/C29H32F2N8O2/c1-37-12-14-38(15-13-37)20-5-2-18(3-6-20)27-35-25-24(33-17-34-28(25)36-27)19-4-7-23(22(32)16-19)41-21-8-10-39(11-9-21)29(40)26(30)31/h2-7,16-17,21,26H,8-15,32H2,1H3,(H,33,34,35,36). The van der Waals surface area contributed by atoms with Gasteiger partial charge in [0.2, 0.25) is 0 Å². The molecule has 1 amide bonds. The summed E-state index contributed by atoms with van der Waals surface area (Å²) in [5.41, 5.74) is 11.6. The van der Waals surface area contributed by atoms with E-state index in [-0.39, 0.29) is 19.2 Å². The molecule has 6 rings (SSSR count). The van der Waals surface area contributed by atoms with Crippen LogP contribution in [0.1, 0.15) is 12.8 Å². The number of nitrogens with one attached hydrogen (secondary N) is 1. The Balaban J connectivity index is 1.17. The number of halogens is 2. The summed E-state index contributed by atoms with van der Waals surface area (Å²) in [5.74, 6) is 0.0739. The first-order valence-corrected chi connectivity index (χ1v) is 13.7. The quantitative estimate of drug-likeness (QED) is 0.342. The van der Waals surface area contributed by atoms with Gasteiger partial charge in [-0.25, -0.2) is 15.0 Å². The molecule has 0 atom stereocenters. The summed E-state index contributed by atoms with van der Waals surface area (Å²) in [5, 5.41) is 0. The maximum atomic E-state index is 12.7. The first kappa shape index (κ1) is 26.9. The molecule has 12 heteroatoms. The number of rotatable bonds is 6. The molecule has 0 aliphatic carbocycles. The van der Waals surface area contributed by atoms with Gasteiger partial charge < -0.3 is 30.2 Å². The Labute approximate surface area is 236 Å². The third-order valence-corrected chi connectivity index (χ3v) is 7.81. The highest BCUT2D eigenvalue weighted by Gasteiger charge is 2.29. The van der Waals surface area contributed by atoms with Crippen LogP contribution in [0, 0.1) is 0 Å². The van der Waals surface area contributed by atoms with Crippen molar-refractivity contribution < 1.29 is 18.3 Å². The van der Waals surface area contributed by atoms with E-state index in [0.29, 0.717) is 47.0 Å². The van der Waals surface area contributed by atoms with Crippen LogP contribution in [-0.2, 0) is 4.79 Å². The number of nitrogens with zero attached hydrogens (tertiary/aromatic N) is 6. The van der Waals surface area contributed by atoms with Crippen molar-refractivity contribution in [3.05, 3.63) is 48.8 Å². The molecule has 2 aliphatic heterocycles. The minimum absolute atomic E-state index is 0.216. The fourth-order valence-electron chi connectivity index (χ4n) is 5.39. The van der Waals surface area contributed by atoms with E-state index in [1.807, 2.05) is 6.07 Å². The van der Waals surface area contributed by atoms with Crippen LogP contribution < -0.4 is 15.4 Å². The van der Waals surface area contributed by atoms with Crippen molar-refractivity contribution in [3.63, 3.8) is 0 Å². The fourth-order valence-corrected chi connectivity index (χ4v) is 5.39. The second-order valence-electron chi connectivity index (χ2n) is 10.5. The number of piperidine rings is 1. The van der Waals surface area contributed by atoms with Gasteiger partial charge in [0.05, 0.1) is 5.69 Å². The van der Waals surface area contributed by atoms with Gasteiger partial charge in [-0.3, -0.25) is 4.79 Å². The van der Waals surface area contributed by atoms with Gasteiger partial charge in [-0.2, -0.15) is 8.78 Å². The second kappa shape index (κ2) is 11.3. The second-order valence-corrected chi connectivity index (χ2v) is 10.5. The largest absolute Gasteiger partial charge is 0.488 e. The van der Waals surface area contributed by atoms with E-state index >= 15 is 0 Å². The number of aromatic nitrogens is 4. The number of alkyl halides is 2. The molecular formula is C29H32F2N8O2. The number of benzene rings is 2. The molecule has 214 valence electrons. The number of likely N-dealkylation sites (tertiary alicyclic amines) is 1. The van der Waals surface area contributed by atoms with E-state index in [9.17, 15) is 13.6 Å². The van der Waals surface area contributed by atoms with Crippen LogP contribution in [0.25, 0.3) is 33.8 Å². The predicted octanol–water partition coefficient (Wildman–Crippen LogP) is 3.66. The normalized spacial score (nSPS) is 17.0. The van der Waals surface area contributed by atoms with Gasteiger partial charge in [-0.15, -0.1) is 0 Å². The van der Waals surface area contributed by atoms with E-state index in [2.05, 4.69) is 56.1 Å². The van der Waals surface area contributed by atoms with Crippen LogP contribution in [0.4, 0.5) is 20.2 Å². The molecule has 2 saturated heterocycles. The van der Waals surface area contributed by atoms with Gasteiger partial charge >= 0.3 is 6.43 Å². The number of imidazole rings is 1. The van der Waals surface area contributed by atoms with Crippen LogP contribution >= 0.6 is 0 Å². The lowest BCUT2D eigenvalue weighted by molar-refractivity contribution is -0.144. The van der Waals surface area contributed by atoms with Gasteiger partial charge in [-0.1, -0.05) is 0 Å². The number of piperazine rings is 1. The maximum Gasteiger partial charge on any atom is 0.315 e. The number of H-pyrrole nitrogens is 1. The monoisotopic (exact) mass is 562 g/mol. The lowest BCUT2D eigenvalue weighted by atomic mass is 10.1. The average molecular weight is 563 g/mol. The zero-order chi connectivity index (χ0) is 28.5. The number of hydrogen-bond donors (Lipinski definition) is 2. The van der Waals surface area contributed by atoms with Gasteiger partial charge in [-0.05, 0) is 49.5 Å². The SMILES string of the molecule is CN1CCN(c2ccc(-c3nc4c(-c5ccc(OC6CCN(C(=O)C(F)F)CC6)c(N)c5)ncnc4[nH]3)cc2)CC1. The molecule has 3 N–H and O–H groups in total. The van der Waals surface area contributed by atoms with Crippen molar-refractivity contribution in [2.45, 2.75) is 25.4 Å². The molecule has 2 aliphatic rings. The van der Waals surface area contributed by atoms with Crippen molar-refractivity contribution in [1.29, 1.82) is 0 Å². The Kier molecular flexibility index (Phi) is 7.39. The molecule has 4 heterocycles. The number of nitrogens with two attached hydrogens (primary N) is 1. The zero-order valence-corrected chi connectivity index (χ0v) is 22.8. The molecule has 41 heavy (non-hydrogen) atoms. The molecule has 10 nitrogen and oxygen atoms in total. The van der Waals surface area contributed by atoms with Gasteiger partial charge in [0.1, 0.15) is 35.2 Å². The molecule has 0 saturated carbocycles. The summed E-state index contributed by atoms with van der Waals surface area (Å²) in [6.45, 7) is 4.57. The van der Waals surface area contributed by atoms with Crippen molar-refractivity contribution in [2.75, 3.05) is 56.9 Å². The number of aromatic amines is 1. The first-order valence-electron chi connectivity index (χ1n) is 13.7. The summed E-state index contributed by atoms with van der Waals surface area (Å²) in [6.07, 6.45) is -0.795. The van der Waals surface area contributed by atoms with Crippen molar-refractivity contribution in [2.24, 2.45) is 0 Å². The molecule has 2 fully saturated rings. The van der Waals surface area contributed by atoms with Gasteiger partial charge in [0, 0.05) is 68.9 Å². The third kappa shape index (κ3) is 5.64. The van der Waals surface area contributed by atoms with E-state index in [0.717, 1.165) is 37.3 Å². The number of anilines is 2. The van der Waals surface area contributed by atoms with Crippen molar-refractivity contribution in [1.82, 2.24) is 29.7 Å². The summed E-state index contributed by atoms with van der Waals surface area (Å²) in [7, 11) is 2.15.